The molecule has 0 radical (unpaired) electrons. The molecule has 4 rings (SSSR count). The molecule has 2 heterocycles. The smallest absolute Gasteiger partial charge is 0.274 e. The first-order chi connectivity index (χ1) is 14.0. The first-order valence-corrected chi connectivity index (χ1v) is 9.74. The number of thioether (sulfide) groups is 1. The summed E-state index contributed by atoms with van der Waals surface area (Å²) in [6.07, 6.45) is 0.160. The van der Waals surface area contributed by atoms with Gasteiger partial charge in [0.05, 0.1) is 22.3 Å². The number of carbonyl (C=O) groups excluding carboxylic acids is 1. The fraction of sp³-hybridized carbons (Fsp3) is 0.150. The summed E-state index contributed by atoms with van der Waals surface area (Å²) in [5.74, 6) is 0.0909. The van der Waals surface area contributed by atoms with Crippen molar-refractivity contribution in [3.63, 3.8) is 0 Å². The van der Waals surface area contributed by atoms with E-state index in [4.69, 9.17) is 5.73 Å². The number of hydrogen-bond acceptors (Lipinski definition) is 7. The monoisotopic (exact) mass is 407 g/mol. The van der Waals surface area contributed by atoms with Crippen LogP contribution in [0.3, 0.4) is 0 Å². The Labute approximate surface area is 170 Å². The first-order valence-electron chi connectivity index (χ1n) is 8.86. The molecule has 146 valence electrons. The van der Waals surface area contributed by atoms with Gasteiger partial charge >= 0.3 is 0 Å². The van der Waals surface area contributed by atoms with E-state index in [0.29, 0.717) is 22.6 Å². The molecule has 29 heavy (non-hydrogen) atoms. The lowest BCUT2D eigenvalue weighted by Gasteiger charge is -2.21. The summed E-state index contributed by atoms with van der Waals surface area (Å²) in [7, 11) is 0. The van der Waals surface area contributed by atoms with E-state index in [1.807, 2.05) is 30.3 Å². The van der Waals surface area contributed by atoms with Gasteiger partial charge < -0.3 is 5.73 Å². The van der Waals surface area contributed by atoms with Crippen LogP contribution in [-0.2, 0) is 6.42 Å². The number of para-hydroxylation sites is 1. The van der Waals surface area contributed by atoms with Crippen molar-refractivity contribution in [2.24, 2.45) is 10.7 Å². The molecule has 0 saturated heterocycles. The SMILES string of the molecule is Cc1nn(C(=O)Cc2ccccc2)c2c1[C@H](c1ccccc1[N+](=O)[O-])SC(N)=N2. The summed E-state index contributed by atoms with van der Waals surface area (Å²) in [6, 6.07) is 15.9. The van der Waals surface area contributed by atoms with Crippen molar-refractivity contribution >= 4 is 34.3 Å². The second kappa shape index (κ2) is 7.51. The Bertz CT molecular complexity index is 1140. The van der Waals surface area contributed by atoms with Crippen LogP contribution in [0, 0.1) is 17.0 Å². The average Bonchev–Trinajstić information content (AvgIpc) is 3.04. The highest BCUT2D eigenvalue weighted by atomic mass is 32.2. The van der Waals surface area contributed by atoms with Crippen molar-refractivity contribution in [2.45, 2.75) is 18.6 Å². The summed E-state index contributed by atoms with van der Waals surface area (Å²) in [5, 5.41) is 15.7. The Kier molecular flexibility index (Phi) is 4.89. The Morgan fingerprint density at radius 3 is 2.62 bits per heavy atom. The van der Waals surface area contributed by atoms with Crippen LogP contribution in [0.5, 0.6) is 0 Å². The van der Waals surface area contributed by atoms with Crippen molar-refractivity contribution in [3.05, 3.63) is 87.1 Å². The van der Waals surface area contributed by atoms with Crippen LogP contribution in [0.2, 0.25) is 0 Å². The minimum Gasteiger partial charge on any atom is -0.378 e. The van der Waals surface area contributed by atoms with E-state index in [1.165, 1.54) is 22.5 Å². The number of hydrogen-bond donors (Lipinski definition) is 1. The third-order valence-corrected chi connectivity index (χ3v) is 5.71. The van der Waals surface area contributed by atoms with Crippen LogP contribution in [0.15, 0.2) is 59.6 Å². The number of aryl methyl sites for hydroxylation is 1. The molecular formula is C20H17N5O3S. The van der Waals surface area contributed by atoms with Crippen LogP contribution in [-0.4, -0.2) is 25.8 Å². The second-order valence-corrected chi connectivity index (χ2v) is 7.68. The molecule has 0 fully saturated rings. The minimum atomic E-state index is -0.470. The van der Waals surface area contributed by atoms with Crippen LogP contribution in [0.25, 0.3) is 0 Å². The molecule has 0 saturated carbocycles. The van der Waals surface area contributed by atoms with Crippen LogP contribution in [0.1, 0.15) is 32.4 Å². The van der Waals surface area contributed by atoms with E-state index in [0.717, 1.165) is 5.56 Å². The Balaban J connectivity index is 1.79. The zero-order valence-corrected chi connectivity index (χ0v) is 16.3. The second-order valence-electron chi connectivity index (χ2n) is 6.55. The Hall–Kier alpha value is -3.46. The van der Waals surface area contributed by atoms with E-state index < -0.39 is 10.2 Å². The number of benzene rings is 2. The lowest BCUT2D eigenvalue weighted by molar-refractivity contribution is -0.385. The largest absolute Gasteiger partial charge is 0.378 e. The maximum absolute atomic E-state index is 12.9. The summed E-state index contributed by atoms with van der Waals surface area (Å²) in [4.78, 5) is 28.3. The predicted octanol–water partition coefficient (Wildman–Crippen LogP) is 3.77. The number of aromatic nitrogens is 2. The lowest BCUT2D eigenvalue weighted by Crippen LogP contribution is -2.19. The van der Waals surface area contributed by atoms with Gasteiger partial charge in [0.15, 0.2) is 11.0 Å². The van der Waals surface area contributed by atoms with Gasteiger partial charge in [-0.1, -0.05) is 60.3 Å². The molecular weight excluding hydrogens is 390 g/mol. The number of nitro groups is 1. The van der Waals surface area contributed by atoms with Gasteiger partial charge in [0.1, 0.15) is 0 Å². The summed E-state index contributed by atoms with van der Waals surface area (Å²) in [5.41, 5.74) is 8.63. The number of nitrogens with zero attached hydrogens (tertiary/aromatic N) is 4. The maximum atomic E-state index is 12.9. The van der Waals surface area contributed by atoms with Crippen molar-refractivity contribution in [1.29, 1.82) is 0 Å². The highest BCUT2D eigenvalue weighted by Gasteiger charge is 2.35. The fourth-order valence-corrected chi connectivity index (χ4v) is 4.47. The molecule has 1 aliphatic heterocycles. The van der Waals surface area contributed by atoms with Gasteiger partial charge in [0.2, 0.25) is 0 Å². The molecule has 9 heteroatoms. The molecule has 3 aromatic rings. The normalized spacial score (nSPS) is 15.5. The van der Waals surface area contributed by atoms with Crippen LogP contribution >= 0.6 is 11.8 Å². The number of amidine groups is 1. The molecule has 8 nitrogen and oxygen atoms in total. The molecule has 1 atom stereocenters. The van der Waals surface area contributed by atoms with Gasteiger partial charge in [-0.05, 0) is 12.5 Å². The summed E-state index contributed by atoms with van der Waals surface area (Å²) in [6.45, 7) is 1.77. The third-order valence-electron chi connectivity index (χ3n) is 4.65. The van der Waals surface area contributed by atoms with Gasteiger partial charge in [-0.25, -0.2) is 4.99 Å². The van der Waals surface area contributed by atoms with Crippen LogP contribution < -0.4 is 5.73 Å². The molecule has 0 aliphatic carbocycles. The molecule has 0 spiro atoms. The van der Waals surface area contributed by atoms with Gasteiger partial charge in [-0.3, -0.25) is 14.9 Å². The number of carbonyl (C=O) groups is 1. The Morgan fingerprint density at radius 2 is 1.90 bits per heavy atom. The summed E-state index contributed by atoms with van der Waals surface area (Å²) < 4.78 is 1.26. The minimum absolute atomic E-state index is 0.00610. The molecule has 0 unspecified atom stereocenters. The van der Waals surface area contributed by atoms with Crippen molar-refractivity contribution < 1.29 is 9.72 Å². The van der Waals surface area contributed by atoms with E-state index >= 15 is 0 Å². The topological polar surface area (TPSA) is 116 Å². The fourth-order valence-electron chi connectivity index (χ4n) is 3.37. The molecule has 0 amide bonds. The summed E-state index contributed by atoms with van der Waals surface area (Å²) >= 11 is 1.22. The molecule has 2 N–H and O–H groups in total. The Morgan fingerprint density at radius 1 is 1.21 bits per heavy atom. The lowest BCUT2D eigenvalue weighted by atomic mass is 10.0. The van der Waals surface area contributed by atoms with E-state index in [9.17, 15) is 14.9 Å². The number of rotatable bonds is 4. The molecule has 0 bridgehead atoms. The van der Waals surface area contributed by atoms with Gasteiger partial charge in [0.25, 0.3) is 11.6 Å². The maximum Gasteiger partial charge on any atom is 0.274 e. The zero-order chi connectivity index (χ0) is 20.5. The van der Waals surface area contributed by atoms with Crippen molar-refractivity contribution in [3.8, 4) is 0 Å². The average molecular weight is 407 g/mol. The van der Waals surface area contributed by atoms with E-state index in [1.54, 1.807) is 25.1 Å². The van der Waals surface area contributed by atoms with Gasteiger partial charge in [-0.2, -0.15) is 9.78 Å². The molecule has 1 aliphatic rings. The highest BCUT2D eigenvalue weighted by molar-refractivity contribution is 8.14. The van der Waals surface area contributed by atoms with Gasteiger partial charge in [-0.15, -0.1) is 0 Å². The predicted molar refractivity (Wildman–Crippen MR) is 112 cm³/mol. The number of fused-ring (bicyclic) bond motifs is 1. The third kappa shape index (κ3) is 3.52. The first kappa shape index (κ1) is 18.9. The van der Waals surface area contributed by atoms with E-state index in [2.05, 4.69) is 10.1 Å². The molecule has 2 aromatic carbocycles. The van der Waals surface area contributed by atoms with E-state index in [-0.39, 0.29) is 23.2 Å². The quantitative estimate of drug-likeness (QED) is 0.520. The van der Waals surface area contributed by atoms with Crippen LogP contribution in [0.4, 0.5) is 11.5 Å². The zero-order valence-electron chi connectivity index (χ0n) is 15.5. The van der Waals surface area contributed by atoms with Crippen molar-refractivity contribution in [2.75, 3.05) is 0 Å². The van der Waals surface area contributed by atoms with Crippen molar-refractivity contribution in [1.82, 2.24) is 9.78 Å². The standard InChI is InChI=1S/C20H17N5O3S/c1-12-17-18(14-9-5-6-10-15(14)25(27)28)29-20(21)22-19(17)24(23-12)16(26)11-13-7-3-2-4-8-13/h2-10,18H,11H2,1H3,(H2,21,22)/t18-/m0/s1. The molecule has 1 aromatic heterocycles. The van der Waals surface area contributed by atoms with Gasteiger partial charge in [0, 0.05) is 17.2 Å². The number of nitro benzene ring substituents is 1. The highest BCUT2D eigenvalue weighted by Crippen LogP contribution is 2.48. The number of aliphatic imine (C=N–C) groups is 1. The number of nitrogens with two attached hydrogens (primary N) is 1.